The molecular formula is C18H23N3O3. The Kier molecular flexibility index (Phi) is 5.87. The lowest BCUT2D eigenvalue weighted by Gasteiger charge is -2.24. The van der Waals surface area contributed by atoms with Gasteiger partial charge >= 0.3 is 5.97 Å². The Labute approximate surface area is 141 Å². The molecule has 6 nitrogen and oxygen atoms in total. The molecule has 6 heteroatoms. The summed E-state index contributed by atoms with van der Waals surface area (Å²) in [5.74, 6) is -0.325. The van der Waals surface area contributed by atoms with Gasteiger partial charge in [-0.15, -0.1) is 0 Å². The molecule has 1 aromatic carbocycles. The standard InChI is InChI=1S/C18H23N3O3/c1-11(2)24-17(23)16(22)15(14-8-6-5-7-9-14)21-18-19-12(3)10-13(4)20-18/h5-11,15-16,22H,1-4H3,(H,19,20,21)/t15-,16+/m0/s1. The van der Waals surface area contributed by atoms with Crippen molar-refractivity contribution in [1.82, 2.24) is 9.97 Å². The molecule has 0 unspecified atom stereocenters. The molecule has 128 valence electrons. The van der Waals surface area contributed by atoms with Crippen molar-refractivity contribution in [2.75, 3.05) is 5.32 Å². The van der Waals surface area contributed by atoms with E-state index in [9.17, 15) is 9.90 Å². The zero-order chi connectivity index (χ0) is 17.7. The Balaban J connectivity index is 2.31. The molecular weight excluding hydrogens is 306 g/mol. The minimum absolute atomic E-state index is 0.305. The highest BCUT2D eigenvalue weighted by molar-refractivity contribution is 5.76. The van der Waals surface area contributed by atoms with E-state index in [1.54, 1.807) is 13.8 Å². The first kappa shape index (κ1) is 17.9. The maximum Gasteiger partial charge on any atom is 0.337 e. The molecule has 2 aromatic rings. The van der Waals surface area contributed by atoms with Crippen molar-refractivity contribution in [1.29, 1.82) is 0 Å². The van der Waals surface area contributed by atoms with E-state index in [4.69, 9.17) is 4.74 Å². The number of aliphatic hydroxyl groups is 1. The number of aryl methyl sites for hydroxylation is 2. The maximum absolute atomic E-state index is 12.1. The van der Waals surface area contributed by atoms with Crippen molar-refractivity contribution in [3.63, 3.8) is 0 Å². The fourth-order valence-electron chi connectivity index (χ4n) is 2.37. The lowest BCUT2D eigenvalue weighted by Crippen LogP contribution is -2.35. The van der Waals surface area contributed by atoms with E-state index in [2.05, 4.69) is 15.3 Å². The lowest BCUT2D eigenvalue weighted by atomic mass is 10.0. The zero-order valence-electron chi connectivity index (χ0n) is 14.4. The molecule has 0 radical (unpaired) electrons. The quantitative estimate of drug-likeness (QED) is 0.792. The number of carbonyl (C=O) groups is 1. The highest BCUT2D eigenvalue weighted by Gasteiger charge is 2.30. The Morgan fingerprint density at radius 2 is 1.71 bits per heavy atom. The van der Waals surface area contributed by atoms with Crippen molar-refractivity contribution in [3.05, 3.63) is 53.3 Å². The molecule has 2 rings (SSSR count). The number of ether oxygens (including phenoxy) is 1. The van der Waals surface area contributed by atoms with Crippen LogP contribution >= 0.6 is 0 Å². The van der Waals surface area contributed by atoms with E-state index >= 15 is 0 Å². The van der Waals surface area contributed by atoms with E-state index in [-0.39, 0.29) is 6.10 Å². The van der Waals surface area contributed by atoms with E-state index in [0.29, 0.717) is 5.95 Å². The molecule has 0 fully saturated rings. The number of rotatable bonds is 6. The second-order valence-electron chi connectivity index (χ2n) is 5.94. The monoisotopic (exact) mass is 329 g/mol. The summed E-state index contributed by atoms with van der Waals surface area (Å²) >= 11 is 0. The van der Waals surface area contributed by atoms with Crippen LogP contribution in [0.1, 0.15) is 36.8 Å². The number of nitrogens with zero attached hydrogens (tertiary/aromatic N) is 2. The van der Waals surface area contributed by atoms with Crippen LogP contribution in [0.15, 0.2) is 36.4 Å². The molecule has 0 saturated heterocycles. The second-order valence-corrected chi connectivity index (χ2v) is 5.94. The van der Waals surface area contributed by atoms with Crippen LogP contribution in [0.2, 0.25) is 0 Å². The molecule has 1 heterocycles. The number of esters is 1. The van der Waals surface area contributed by atoms with Gasteiger partial charge in [0.15, 0.2) is 6.10 Å². The van der Waals surface area contributed by atoms with Crippen LogP contribution in [0.4, 0.5) is 5.95 Å². The van der Waals surface area contributed by atoms with Crippen molar-refractivity contribution in [2.45, 2.75) is 45.9 Å². The summed E-state index contributed by atoms with van der Waals surface area (Å²) in [6.07, 6.45) is -1.68. The Hall–Kier alpha value is -2.47. The Bertz CT molecular complexity index is 669. The molecule has 0 amide bonds. The third-order valence-electron chi connectivity index (χ3n) is 3.33. The van der Waals surface area contributed by atoms with Crippen LogP contribution in [-0.4, -0.2) is 33.3 Å². The van der Waals surface area contributed by atoms with Gasteiger partial charge in [0.2, 0.25) is 5.95 Å². The van der Waals surface area contributed by atoms with Gasteiger partial charge in [0.05, 0.1) is 12.1 Å². The third-order valence-corrected chi connectivity index (χ3v) is 3.33. The van der Waals surface area contributed by atoms with E-state index in [1.165, 1.54) is 0 Å². The zero-order valence-corrected chi connectivity index (χ0v) is 14.4. The van der Waals surface area contributed by atoms with Crippen molar-refractivity contribution in [2.24, 2.45) is 0 Å². The van der Waals surface area contributed by atoms with Gasteiger partial charge in [0.25, 0.3) is 0 Å². The smallest absolute Gasteiger partial charge is 0.337 e. The van der Waals surface area contributed by atoms with Gasteiger partial charge in [-0.25, -0.2) is 14.8 Å². The van der Waals surface area contributed by atoms with Crippen LogP contribution in [0, 0.1) is 13.8 Å². The number of aliphatic hydroxyl groups excluding tert-OH is 1. The number of nitrogens with one attached hydrogen (secondary N) is 1. The summed E-state index contributed by atoms with van der Waals surface area (Å²) in [4.78, 5) is 20.8. The van der Waals surface area contributed by atoms with Crippen LogP contribution in [-0.2, 0) is 9.53 Å². The Morgan fingerprint density at radius 3 is 2.25 bits per heavy atom. The van der Waals surface area contributed by atoms with Crippen molar-refractivity contribution in [3.8, 4) is 0 Å². The topological polar surface area (TPSA) is 84.3 Å². The molecule has 0 spiro atoms. The fourth-order valence-corrected chi connectivity index (χ4v) is 2.37. The predicted octanol–water partition coefficient (Wildman–Crippen LogP) is 2.56. The summed E-state index contributed by atoms with van der Waals surface area (Å²) in [5, 5.41) is 13.5. The molecule has 0 bridgehead atoms. The third kappa shape index (κ3) is 4.76. The SMILES string of the molecule is Cc1cc(C)nc(N[C@@H](c2ccccc2)[C@@H](O)C(=O)OC(C)C)n1. The number of anilines is 1. The molecule has 2 N–H and O–H groups in total. The van der Waals surface area contributed by atoms with E-state index in [1.807, 2.05) is 50.2 Å². The molecule has 2 atom stereocenters. The van der Waals surface area contributed by atoms with Gasteiger partial charge in [-0.2, -0.15) is 0 Å². The first-order chi connectivity index (χ1) is 11.4. The number of hydrogen-bond acceptors (Lipinski definition) is 6. The van der Waals surface area contributed by atoms with Gasteiger partial charge in [-0.1, -0.05) is 30.3 Å². The maximum atomic E-state index is 12.1. The lowest BCUT2D eigenvalue weighted by molar-refractivity contribution is -0.158. The molecule has 0 aliphatic carbocycles. The Morgan fingerprint density at radius 1 is 1.12 bits per heavy atom. The predicted molar refractivity (Wildman–Crippen MR) is 91.5 cm³/mol. The minimum Gasteiger partial charge on any atom is -0.461 e. The van der Waals surface area contributed by atoms with Crippen LogP contribution in [0.5, 0.6) is 0 Å². The minimum atomic E-state index is -1.38. The average molecular weight is 329 g/mol. The summed E-state index contributed by atoms with van der Waals surface area (Å²) in [6, 6.07) is 10.3. The number of hydrogen-bond donors (Lipinski definition) is 2. The highest BCUT2D eigenvalue weighted by Crippen LogP contribution is 2.22. The fraction of sp³-hybridized carbons (Fsp3) is 0.389. The van der Waals surface area contributed by atoms with Crippen molar-refractivity contribution >= 4 is 11.9 Å². The van der Waals surface area contributed by atoms with Gasteiger partial charge in [-0.05, 0) is 39.3 Å². The highest BCUT2D eigenvalue weighted by atomic mass is 16.6. The van der Waals surface area contributed by atoms with Crippen molar-refractivity contribution < 1.29 is 14.6 Å². The summed E-state index contributed by atoms with van der Waals surface area (Å²) < 4.78 is 5.13. The molecule has 24 heavy (non-hydrogen) atoms. The summed E-state index contributed by atoms with van der Waals surface area (Å²) in [5.41, 5.74) is 2.35. The van der Waals surface area contributed by atoms with Gasteiger partial charge in [0, 0.05) is 11.4 Å². The van der Waals surface area contributed by atoms with Crippen LogP contribution < -0.4 is 5.32 Å². The van der Waals surface area contributed by atoms with Crippen LogP contribution in [0.3, 0.4) is 0 Å². The first-order valence-corrected chi connectivity index (χ1v) is 7.89. The van der Waals surface area contributed by atoms with Gasteiger partial charge < -0.3 is 15.2 Å². The van der Waals surface area contributed by atoms with Crippen LogP contribution in [0.25, 0.3) is 0 Å². The normalized spacial score (nSPS) is 13.4. The number of benzene rings is 1. The first-order valence-electron chi connectivity index (χ1n) is 7.89. The van der Waals surface area contributed by atoms with E-state index < -0.39 is 18.1 Å². The molecule has 1 aromatic heterocycles. The largest absolute Gasteiger partial charge is 0.461 e. The van der Waals surface area contributed by atoms with E-state index in [0.717, 1.165) is 17.0 Å². The van der Waals surface area contributed by atoms with Gasteiger partial charge in [-0.3, -0.25) is 0 Å². The molecule has 0 aliphatic heterocycles. The van der Waals surface area contributed by atoms with Gasteiger partial charge in [0.1, 0.15) is 0 Å². The molecule has 0 saturated carbocycles. The summed E-state index contributed by atoms with van der Waals surface area (Å²) in [6.45, 7) is 7.20. The number of aromatic nitrogens is 2. The average Bonchev–Trinajstić information content (AvgIpc) is 2.51. The summed E-state index contributed by atoms with van der Waals surface area (Å²) in [7, 11) is 0. The second kappa shape index (κ2) is 7.88. The number of carbonyl (C=O) groups excluding carboxylic acids is 1. The molecule has 0 aliphatic rings.